The predicted octanol–water partition coefficient (Wildman–Crippen LogP) is 0.722. The van der Waals surface area contributed by atoms with E-state index >= 15 is 0 Å². The molecule has 3 rings (SSSR count). The van der Waals surface area contributed by atoms with Crippen molar-refractivity contribution in [3.05, 3.63) is 65.7 Å². The smallest absolute Gasteiger partial charge is 0.338 e. The van der Waals surface area contributed by atoms with Crippen LogP contribution in [0.2, 0.25) is 0 Å². The summed E-state index contributed by atoms with van der Waals surface area (Å²) in [5.74, 6) is -1.87. The number of carbonyl (C=O) groups is 4. The summed E-state index contributed by atoms with van der Waals surface area (Å²) in [7, 11) is -3.89. The molecule has 12 heteroatoms. The molecular weight excluding hydrogens is 476 g/mol. The van der Waals surface area contributed by atoms with Gasteiger partial charge in [-0.1, -0.05) is 36.4 Å². The van der Waals surface area contributed by atoms with Crippen LogP contribution >= 0.6 is 0 Å². The second-order valence-corrected chi connectivity index (χ2v) is 9.67. The molecule has 4 amide bonds. The van der Waals surface area contributed by atoms with Gasteiger partial charge in [-0.25, -0.2) is 18.0 Å². The first-order valence-electron chi connectivity index (χ1n) is 10.8. The van der Waals surface area contributed by atoms with Gasteiger partial charge in [0.2, 0.25) is 15.9 Å². The lowest BCUT2D eigenvalue weighted by atomic mass is 10.2. The highest BCUT2D eigenvalue weighted by atomic mass is 32.2. The van der Waals surface area contributed by atoms with E-state index in [9.17, 15) is 27.6 Å². The Morgan fingerprint density at radius 3 is 2.29 bits per heavy atom. The molecule has 1 aliphatic heterocycles. The van der Waals surface area contributed by atoms with E-state index in [2.05, 4.69) is 10.6 Å². The average Bonchev–Trinajstić information content (AvgIpc) is 2.86. The van der Waals surface area contributed by atoms with Crippen molar-refractivity contribution < 1.29 is 32.3 Å². The van der Waals surface area contributed by atoms with E-state index in [0.717, 1.165) is 5.56 Å². The van der Waals surface area contributed by atoms with Gasteiger partial charge in [0.15, 0.2) is 6.61 Å². The van der Waals surface area contributed by atoms with Gasteiger partial charge in [0.05, 0.1) is 10.5 Å². The van der Waals surface area contributed by atoms with Crippen LogP contribution in [0.25, 0.3) is 0 Å². The maximum absolute atomic E-state index is 13.0. The van der Waals surface area contributed by atoms with Crippen LogP contribution < -0.4 is 10.6 Å². The Kier molecular flexibility index (Phi) is 8.55. The van der Waals surface area contributed by atoms with Gasteiger partial charge in [0.1, 0.15) is 0 Å². The maximum Gasteiger partial charge on any atom is 0.338 e. The standard InChI is InChI=1S/C23H26N4O7S/c1-17(28)26-10-12-27(13-11-26)35(32,33)20-9-5-8-19(14-20)22(30)34-16-21(29)25-23(31)24-15-18-6-3-2-4-7-18/h2-9,14H,10-13,15-16H2,1H3,(H2,24,25,29,31). The molecule has 2 aromatic carbocycles. The summed E-state index contributed by atoms with van der Waals surface area (Å²) < 4.78 is 32.1. The van der Waals surface area contributed by atoms with Crippen molar-refractivity contribution in [2.24, 2.45) is 0 Å². The second kappa shape index (κ2) is 11.6. The molecule has 11 nitrogen and oxygen atoms in total. The highest BCUT2D eigenvalue weighted by Crippen LogP contribution is 2.19. The summed E-state index contributed by atoms with van der Waals surface area (Å²) in [6.07, 6.45) is 0. The number of rotatable bonds is 7. The number of carbonyl (C=O) groups excluding carboxylic acids is 4. The molecule has 1 saturated heterocycles. The summed E-state index contributed by atoms with van der Waals surface area (Å²) in [6, 6.07) is 13.6. The monoisotopic (exact) mass is 502 g/mol. The summed E-state index contributed by atoms with van der Waals surface area (Å²) >= 11 is 0. The Bertz CT molecular complexity index is 1190. The first-order chi connectivity index (χ1) is 16.7. The predicted molar refractivity (Wildman–Crippen MR) is 125 cm³/mol. The Morgan fingerprint density at radius 2 is 1.63 bits per heavy atom. The zero-order chi connectivity index (χ0) is 25.4. The SMILES string of the molecule is CC(=O)N1CCN(S(=O)(=O)c2cccc(C(=O)OCC(=O)NC(=O)NCc3ccccc3)c2)CC1. The van der Waals surface area contributed by atoms with Gasteiger partial charge in [-0.2, -0.15) is 4.31 Å². The fraction of sp³-hybridized carbons (Fsp3) is 0.304. The first-order valence-corrected chi connectivity index (χ1v) is 12.3. The largest absolute Gasteiger partial charge is 0.452 e. The van der Waals surface area contributed by atoms with Crippen LogP contribution in [0.1, 0.15) is 22.8 Å². The number of piperazine rings is 1. The number of nitrogens with zero attached hydrogens (tertiary/aromatic N) is 2. The highest BCUT2D eigenvalue weighted by Gasteiger charge is 2.29. The number of nitrogens with one attached hydrogen (secondary N) is 2. The average molecular weight is 503 g/mol. The molecule has 1 heterocycles. The maximum atomic E-state index is 13.0. The van der Waals surface area contributed by atoms with Gasteiger partial charge < -0.3 is 15.0 Å². The zero-order valence-corrected chi connectivity index (χ0v) is 19.9. The molecule has 2 N–H and O–H groups in total. The lowest BCUT2D eigenvalue weighted by Gasteiger charge is -2.33. The molecule has 0 atom stereocenters. The van der Waals surface area contributed by atoms with Crippen molar-refractivity contribution >= 4 is 33.8 Å². The van der Waals surface area contributed by atoms with E-state index in [1.807, 2.05) is 30.3 Å². The van der Waals surface area contributed by atoms with E-state index in [1.165, 1.54) is 35.5 Å². The Labute approximate surface area is 203 Å². The van der Waals surface area contributed by atoms with Crippen LogP contribution in [0.15, 0.2) is 59.5 Å². The molecule has 0 unspecified atom stereocenters. The molecule has 35 heavy (non-hydrogen) atoms. The molecule has 2 aromatic rings. The van der Waals surface area contributed by atoms with Crippen molar-refractivity contribution in [1.29, 1.82) is 0 Å². The van der Waals surface area contributed by atoms with E-state index in [-0.39, 0.29) is 49.1 Å². The summed E-state index contributed by atoms with van der Waals surface area (Å²) in [5.41, 5.74) is 0.784. The quantitative estimate of drug-likeness (QED) is 0.531. The lowest BCUT2D eigenvalue weighted by Crippen LogP contribution is -2.49. The number of hydrogen-bond acceptors (Lipinski definition) is 7. The Balaban J connectivity index is 1.51. The van der Waals surface area contributed by atoms with Gasteiger partial charge in [-0.15, -0.1) is 0 Å². The molecule has 0 aliphatic carbocycles. The van der Waals surface area contributed by atoms with Gasteiger partial charge in [0.25, 0.3) is 5.91 Å². The molecule has 0 aromatic heterocycles. The van der Waals surface area contributed by atoms with E-state index < -0.39 is 34.5 Å². The van der Waals surface area contributed by atoms with Gasteiger partial charge >= 0.3 is 12.0 Å². The van der Waals surface area contributed by atoms with Crippen LogP contribution in [-0.2, 0) is 30.9 Å². The van der Waals surface area contributed by atoms with Crippen molar-refractivity contribution in [2.75, 3.05) is 32.8 Å². The number of urea groups is 1. The van der Waals surface area contributed by atoms with Crippen LogP contribution in [0, 0.1) is 0 Å². The highest BCUT2D eigenvalue weighted by molar-refractivity contribution is 7.89. The van der Waals surface area contributed by atoms with Crippen LogP contribution in [0.4, 0.5) is 4.79 Å². The van der Waals surface area contributed by atoms with Crippen LogP contribution in [-0.4, -0.2) is 74.2 Å². The second-order valence-electron chi connectivity index (χ2n) is 7.73. The Hall–Kier alpha value is -3.77. The fourth-order valence-electron chi connectivity index (χ4n) is 3.38. The van der Waals surface area contributed by atoms with E-state index in [4.69, 9.17) is 4.74 Å². The number of benzene rings is 2. The molecule has 1 fully saturated rings. The zero-order valence-electron chi connectivity index (χ0n) is 19.1. The van der Waals surface area contributed by atoms with Gasteiger partial charge in [-0.3, -0.25) is 14.9 Å². The van der Waals surface area contributed by atoms with Crippen molar-refractivity contribution in [1.82, 2.24) is 19.8 Å². The molecule has 0 bridgehead atoms. The third-order valence-corrected chi connectivity index (χ3v) is 7.17. The minimum Gasteiger partial charge on any atom is -0.452 e. The molecule has 186 valence electrons. The van der Waals surface area contributed by atoms with Gasteiger partial charge in [-0.05, 0) is 23.8 Å². The van der Waals surface area contributed by atoms with Crippen molar-refractivity contribution in [3.63, 3.8) is 0 Å². The fourth-order valence-corrected chi connectivity index (χ4v) is 4.84. The van der Waals surface area contributed by atoms with Crippen molar-refractivity contribution in [3.8, 4) is 0 Å². The van der Waals surface area contributed by atoms with Crippen LogP contribution in [0.5, 0.6) is 0 Å². The summed E-state index contributed by atoms with van der Waals surface area (Å²) in [6.45, 7) is 1.77. The summed E-state index contributed by atoms with van der Waals surface area (Å²) in [5, 5.41) is 4.56. The third kappa shape index (κ3) is 7.11. The van der Waals surface area contributed by atoms with E-state index in [0.29, 0.717) is 0 Å². The molecule has 0 spiro atoms. The number of ether oxygens (including phenoxy) is 1. The minimum absolute atomic E-state index is 0.0604. The summed E-state index contributed by atoms with van der Waals surface area (Å²) in [4.78, 5) is 49.0. The molecule has 0 radical (unpaired) electrons. The number of amides is 4. The van der Waals surface area contributed by atoms with Crippen molar-refractivity contribution in [2.45, 2.75) is 18.4 Å². The van der Waals surface area contributed by atoms with Gasteiger partial charge in [0, 0.05) is 39.6 Å². The third-order valence-electron chi connectivity index (χ3n) is 5.27. The lowest BCUT2D eigenvalue weighted by molar-refractivity contribution is -0.130. The molecule has 1 aliphatic rings. The first kappa shape index (κ1) is 25.8. The number of esters is 1. The number of imide groups is 1. The van der Waals surface area contributed by atoms with E-state index in [1.54, 1.807) is 4.90 Å². The van der Waals surface area contributed by atoms with Crippen LogP contribution in [0.3, 0.4) is 0 Å². The topological polar surface area (TPSA) is 142 Å². The normalized spacial score (nSPS) is 14.1. The minimum atomic E-state index is -3.89. The number of hydrogen-bond donors (Lipinski definition) is 2. The molecular formula is C23H26N4O7S. The number of sulfonamides is 1. The molecule has 0 saturated carbocycles. The Morgan fingerprint density at radius 1 is 0.943 bits per heavy atom.